The Morgan fingerprint density at radius 3 is 2.73 bits per heavy atom. The number of likely N-dealkylation sites (tertiary alicyclic amines) is 1. The van der Waals surface area contributed by atoms with Gasteiger partial charge < -0.3 is 10.2 Å². The van der Waals surface area contributed by atoms with Crippen molar-refractivity contribution in [2.45, 2.75) is 31.7 Å². The molecule has 1 saturated heterocycles. The largest absolute Gasteiger partial charge is 0.321 e. The number of pyridine rings is 1. The number of allylic oxidation sites excluding steroid dienone is 4. The highest BCUT2D eigenvalue weighted by molar-refractivity contribution is 9.10. The highest BCUT2D eigenvalue weighted by Crippen LogP contribution is 2.34. The number of nitrogens with one attached hydrogen (secondary N) is 1. The maximum atomic E-state index is 13.2. The van der Waals surface area contributed by atoms with Crippen molar-refractivity contribution in [1.29, 1.82) is 0 Å². The molecule has 5 rings (SSSR count). The molecule has 1 fully saturated rings. The van der Waals surface area contributed by atoms with Gasteiger partial charge in [-0.2, -0.15) is 5.10 Å². The Labute approximate surface area is 209 Å². The van der Waals surface area contributed by atoms with Crippen molar-refractivity contribution in [2.75, 3.05) is 25.5 Å². The van der Waals surface area contributed by atoms with Crippen LogP contribution in [0.3, 0.4) is 0 Å². The fraction of sp³-hybridized carbons (Fsp3) is 0.364. The third kappa shape index (κ3) is 4.47. The maximum Gasteiger partial charge on any atom is 0.266 e. The fourth-order valence-corrected chi connectivity index (χ4v) is 5.39. The molecule has 1 N–H and O–H groups in total. The number of nitrogens with zero attached hydrogens (tertiary/aromatic N) is 6. The Morgan fingerprint density at radius 1 is 1.18 bits per heavy atom. The molecule has 172 valence electrons. The first kappa shape index (κ1) is 22.6. The van der Waals surface area contributed by atoms with Crippen LogP contribution < -0.4 is 10.9 Å². The average molecular weight is 551 g/mol. The molecule has 0 aromatic carbocycles. The first-order valence-electron chi connectivity index (χ1n) is 10.7. The Bertz CT molecular complexity index is 1340. The Kier molecular flexibility index (Phi) is 6.30. The van der Waals surface area contributed by atoms with Gasteiger partial charge in [0.25, 0.3) is 5.56 Å². The number of hydrogen-bond donors (Lipinski definition) is 1. The zero-order chi connectivity index (χ0) is 23.1. The number of anilines is 2. The van der Waals surface area contributed by atoms with Crippen LogP contribution in [0.15, 0.2) is 50.2 Å². The Hall–Kier alpha value is -2.20. The van der Waals surface area contributed by atoms with Gasteiger partial charge in [0, 0.05) is 23.6 Å². The lowest BCUT2D eigenvalue weighted by Gasteiger charge is -2.28. The number of halogens is 3. The molecule has 8 nitrogen and oxygen atoms in total. The fourth-order valence-electron chi connectivity index (χ4n) is 4.22. The van der Waals surface area contributed by atoms with Crippen LogP contribution in [0.4, 0.5) is 11.6 Å². The number of piperidine rings is 1. The molecule has 2 aliphatic rings. The van der Waals surface area contributed by atoms with E-state index >= 15 is 0 Å². The van der Waals surface area contributed by atoms with Gasteiger partial charge in [-0.3, -0.25) is 14.0 Å². The first-order chi connectivity index (χ1) is 15.9. The minimum Gasteiger partial charge on any atom is -0.321 e. The summed E-state index contributed by atoms with van der Waals surface area (Å²) in [4.78, 5) is 24.4. The van der Waals surface area contributed by atoms with E-state index in [9.17, 15) is 4.79 Å². The molecule has 0 unspecified atom stereocenters. The Morgan fingerprint density at radius 2 is 1.97 bits per heavy atom. The predicted molar refractivity (Wildman–Crippen MR) is 135 cm³/mol. The van der Waals surface area contributed by atoms with E-state index in [0.717, 1.165) is 38.0 Å². The van der Waals surface area contributed by atoms with E-state index in [4.69, 9.17) is 23.2 Å². The molecule has 0 atom stereocenters. The summed E-state index contributed by atoms with van der Waals surface area (Å²) in [7, 11) is 2.14. The smallest absolute Gasteiger partial charge is 0.266 e. The number of hydrogen-bond acceptors (Lipinski definition) is 6. The van der Waals surface area contributed by atoms with Gasteiger partial charge in [-0.15, -0.1) is 0 Å². The monoisotopic (exact) mass is 549 g/mol. The third-order valence-electron chi connectivity index (χ3n) is 6.04. The van der Waals surface area contributed by atoms with Gasteiger partial charge in [0.2, 0.25) is 5.95 Å². The zero-order valence-electron chi connectivity index (χ0n) is 17.9. The Balaban J connectivity index is 1.43. The molecule has 33 heavy (non-hydrogen) atoms. The van der Waals surface area contributed by atoms with E-state index in [0.29, 0.717) is 49.5 Å². The molecule has 0 bridgehead atoms. The van der Waals surface area contributed by atoms with Gasteiger partial charge in [-0.25, -0.2) is 9.97 Å². The number of rotatable bonds is 4. The molecule has 11 heteroatoms. The van der Waals surface area contributed by atoms with Crippen LogP contribution in [-0.4, -0.2) is 49.4 Å². The van der Waals surface area contributed by atoms with Crippen molar-refractivity contribution < 1.29 is 0 Å². The molecule has 3 aromatic heterocycles. The number of fused-ring (bicyclic) bond motifs is 1. The second-order valence-corrected chi connectivity index (χ2v) is 10.0. The summed E-state index contributed by atoms with van der Waals surface area (Å²) in [5.74, 6) is 0.385. The maximum absolute atomic E-state index is 13.2. The standard InChI is InChI=1S/C22H22BrCl2N7O/c1-30-7-5-14(6-8-30)32-11-13(9-27-32)28-22-26-10-15-19(29-22)16(23)12-31(21(15)33)20-17(24)3-2-4-18(20)25/h3,9-12,14H,2,4-8H2,1H3,(H,26,28,29). The van der Waals surface area contributed by atoms with Gasteiger partial charge in [-0.1, -0.05) is 29.3 Å². The van der Waals surface area contributed by atoms with Crippen molar-refractivity contribution in [2.24, 2.45) is 0 Å². The molecule has 3 aromatic rings. The third-order valence-corrected chi connectivity index (χ3v) is 7.32. The normalized spacial score (nSPS) is 18.1. The van der Waals surface area contributed by atoms with Gasteiger partial charge >= 0.3 is 0 Å². The molecule has 0 radical (unpaired) electrons. The van der Waals surface area contributed by atoms with E-state index in [2.05, 4.69) is 48.3 Å². The van der Waals surface area contributed by atoms with E-state index in [1.54, 1.807) is 12.4 Å². The van der Waals surface area contributed by atoms with Gasteiger partial charge in [0.15, 0.2) is 0 Å². The van der Waals surface area contributed by atoms with Crippen molar-refractivity contribution in [3.8, 4) is 0 Å². The van der Waals surface area contributed by atoms with E-state index in [1.165, 1.54) is 10.8 Å². The van der Waals surface area contributed by atoms with Crippen LogP contribution in [0.25, 0.3) is 16.6 Å². The average Bonchev–Trinajstić information content (AvgIpc) is 3.26. The summed E-state index contributed by atoms with van der Waals surface area (Å²) in [5.41, 5.74) is 1.52. The van der Waals surface area contributed by atoms with Crippen LogP contribution in [0.1, 0.15) is 31.7 Å². The summed E-state index contributed by atoms with van der Waals surface area (Å²) in [6.45, 7) is 2.13. The van der Waals surface area contributed by atoms with Crippen LogP contribution in [0.5, 0.6) is 0 Å². The summed E-state index contributed by atoms with van der Waals surface area (Å²) in [6.07, 6.45) is 12.3. The van der Waals surface area contributed by atoms with E-state index in [-0.39, 0.29) is 5.56 Å². The molecule has 0 spiro atoms. The lowest BCUT2D eigenvalue weighted by Crippen LogP contribution is -2.31. The molecule has 0 amide bonds. The summed E-state index contributed by atoms with van der Waals surface area (Å²) in [6, 6.07) is 0.392. The minimum absolute atomic E-state index is 0.281. The van der Waals surface area contributed by atoms with Crippen molar-refractivity contribution >= 4 is 67.4 Å². The van der Waals surface area contributed by atoms with Gasteiger partial charge in [-0.05, 0) is 61.8 Å². The molecular formula is C22H22BrCl2N7O. The molecule has 1 aliphatic carbocycles. The topological polar surface area (TPSA) is 80.9 Å². The van der Waals surface area contributed by atoms with E-state index < -0.39 is 0 Å². The summed E-state index contributed by atoms with van der Waals surface area (Å²) >= 11 is 16.3. The second-order valence-electron chi connectivity index (χ2n) is 8.32. The molecule has 4 heterocycles. The van der Waals surface area contributed by atoms with Gasteiger partial charge in [0.05, 0.1) is 44.0 Å². The van der Waals surface area contributed by atoms with Crippen LogP contribution in [-0.2, 0) is 0 Å². The van der Waals surface area contributed by atoms with Crippen LogP contribution in [0.2, 0.25) is 0 Å². The minimum atomic E-state index is -0.281. The lowest BCUT2D eigenvalue weighted by atomic mass is 10.1. The quantitative estimate of drug-likeness (QED) is 0.487. The number of aromatic nitrogens is 5. The van der Waals surface area contributed by atoms with E-state index in [1.807, 2.05) is 17.0 Å². The first-order valence-corrected chi connectivity index (χ1v) is 12.3. The van der Waals surface area contributed by atoms with Crippen molar-refractivity contribution in [3.63, 3.8) is 0 Å². The van der Waals surface area contributed by atoms with Crippen molar-refractivity contribution in [1.82, 2.24) is 29.2 Å². The van der Waals surface area contributed by atoms with Crippen molar-refractivity contribution in [3.05, 3.63) is 55.8 Å². The zero-order valence-corrected chi connectivity index (χ0v) is 21.0. The van der Waals surface area contributed by atoms with Crippen LogP contribution in [0, 0.1) is 0 Å². The second kappa shape index (κ2) is 9.21. The van der Waals surface area contributed by atoms with Gasteiger partial charge in [0.1, 0.15) is 0 Å². The lowest BCUT2D eigenvalue weighted by molar-refractivity contribution is 0.212. The van der Waals surface area contributed by atoms with Crippen LogP contribution >= 0.6 is 39.1 Å². The SMILES string of the molecule is CN1CCC(n2cc(Nc3ncc4c(=O)n(C5=C(Cl)CCC=C5Cl)cc(Br)c4n3)cn2)CC1. The highest BCUT2D eigenvalue weighted by atomic mass is 79.9. The molecule has 1 aliphatic heterocycles. The molecule has 0 saturated carbocycles. The highest BCUT2D eigenvalue weighted by Gasteiger charge is 2.21. The predicted octanol–water partition coefficient (Wildman–Crippen LogP) is 5.08. The molecular weight excluding hydrogens is 529 g/mol. The summed E-state index contributed by atoms with van der Waals surface area (Å²) < 4.78 is 4.09. The summed E-state index contributed by atoms with van der Waals surface area (Å²) in [5, 5.41) is 9.09.